The highest BCUT2D eigenvalue weighted by molar-refractivity contribution is 7.96. The molecule has 5 rings (SSSR count). The van der Waals surface area contributed by atoms with Gasteiger partial charge in [0, 0.05) is 10.5 Å². The SMILES string of the molecule is COC(=O)C(C1=C[C@H](C(=O)OC)[C@H](c2ccccc2)[C@H]1[N+](=O)[O-])=P(c1ccccc1)(c1ccccc1)c1ccccc1. The van der Waals surface area contributed by atoms with E-state index in [2.05, 4.69) is 0 Å². The van der Waals surface area contributed by atoms with E-state index in [1.807, 2.05) is 97.1 Å². The first kappa shape index (κ1) is 28.8. The largest absolute Gasteiger partial charge is 0.469 e. The van der Waals surface area contributed by atoms with Crippen molar-refractivity contribution in [3.8, 4) is 0 Å². The average Bonchev–Trinajstić information content (AvgIpc) is 3.45. The fourth-order valence-electron chi connectivity index (χ4n) is 6.00. The molecule has 0 unspecified atom stereocenters. The standard InChI is InChI=1S/C34H30NO6P/c1-40-33(36)28-23-29(31(35(38)39)30(28)24-15-7-3-8-16-24)32(34(37)41-2)42(25-17-9-4-10-18-25,26-19-11-5-12-20-26)27-21-13-6-14-22-27/h3-23,28,30-31H,1-2H3/t28-,30-,31-/m0/s1. The van der Waals surface area contributed by atoms with E-state index >= 15 is 0 Å². The molecule has 0 bridgehead atoms. The summed E-state index contributed by atoms with van der Waals surface area (Å²) in [5.74, 6) is -3.19. The number of carbonyl (C=O) groups excluding carboxylic acids is 2. The summed E-state index contributed by atoms with van der Waals surface area (Å²) in [5.41, 5.74) is 0.772. The lowest BCUT2D eigenvalue weighted by Crippen LogP contribution is -2.39. The summed E-state index contributed by atoms with van der Waals surface area (Å²) in [6.45, 7) is -3.13. The number of hydrogen-bond donors (Lipinski definition) is 0. The van der Waals surface area contributed by atoms with Gasteiger partial charge in [-0.1, -0.05) is 127 Å². The molecule has 0 heterocycles. The van der Waals surface area contributed by atoms with Crippen LogP contribution in [0.2, 0.25) is 0 Å². The Morgan fingerprint density at radius 3 is 1.50 bits per heavy atom. The van der Waals surface area contributed by atoms with E-state index in [1.54, 1.807) is 30.3 Å². The molecule has 8 heteroatoms. The molecular weight excluding hydrogens is 549 g/mol. The molecule has 0 aromatic heterocycles. The van der Waals surface area contributed by atoms with Gasteiger partial charge in [-0.25, -0.2) is 4.79 Å². The summed E-state index contributed by atoms with van der Waals surface area (Å²) < 4.78 is 10.6. The van der Waals surface area contributed by atoms with Gasteiger partial charge in [0.15, 0.2) is 0 Å². The van der Waals surface area contributed by atoms with Crippen molar-refractivity contribution in [2.24, 2.45) is 5.92 Å². The highest BCUT2D eigenvalue weighted by atomic mass is 31.2. The molecule has 212 valence electrons. The van der Waals surface area contributed by atoms with Crippen LogP contribution in [0.1, 0.15) is 11.5 Å². The second-order valence-corrected chi connectivity index (χ2v) is 13.2. The lowest BCUT2D eigenvalue weighted by atomic mass is 9.84. The minimum atomic E-state index is -3.13. The number of carbonyl (C=O) groups is 2. The van der Waals surface area contributed by atoms with E-state index in [0.717, 1.165) is 15.9 Å². The van der Waals surface area contributed by atoms with Crippen LogP contribution in [0.4, 0.5) is 0 Å². The van der Waals surface area contributed by atoms with E-state index in [4.69, 9.17) is 9.47 Å². The number of rotatable bonds is 8. The number of hydrogen-bond acceptors (Lipinski definition) is 6. The Labute approximate surface area is 244 Å². The van der Waals surface area contributed by atoms with Crippen molar-refractivity contribution >= 4 is 40.0 Å². The number of benzene rings is 4. The average molecular weight is 580 g/mol. The fourth-order valence-corrected chi connectivity index (χ4v) is 10.5. The third-order valence-corrected chi connectivity index (χ3v) is 12.0. The molecule has 0 N–H and O–H groups in total. The minimum absolute atomic E-state index is 0.168. The monoisotopic (exact) mass is 579 g/mol. The predicted molar refractivity (Wildman–Crippen MR) is 166 cm³/mol. The summed E-state index contributed by atoms with van der Waals surface area (Å²) in [7, 11) is 2.54. The van der Waals surface area contributed by atoms with Crippen molar-refractivity contribution in [2.45, 2.75) is 12.0 Å². The Hall–Kier alpha value is -4.74. The number of methoxy groups -OCH3 is 2. The zero-order chi connectivity index (χ0) is 29.7. The van der Waals surface area contributed by atoms with Crippen LogP contribution in [0.3, 0.4) is 0 Å². The van der Waals surface area contributed by atoms with Gasteiger partial charge < -0.3 is 9.47 Å². The van der Waals surface area contributed by atoms with Gasteiger partial charge in [0.05, 0.1) is 31.3 Å². The Morgan fingerprint density at radius 2 is 1.12 bits per heavy atom. The molecular formula is C34H30NO6P. The third kappa shape index (κ3) is 4.97. The Balaban J connectivity index is 2.01. The van der Waals surface area contributed by atoms with Crippen molar-refractivity contribution in [3.63, 3.8) is 0 Å². The number of nitrogens with zero attached hydrogens (tertiary/aromatic N) is 1. The van der Waals surface area contributed by atoms with Crippen LogP contribution in [0, 0.1) is 16.0 Å². The summed E-state index contributed by atoms with van der Waals surface area (Å²) >= 11 is 0. The van der Waals surface area contributed by atoms with Crippen LogP contribution in [0.25, 0.3) is 0 Å². The van der Waals surface area contributed by atoms with Crippen LogP contribution in [0.15, 0.2) is 133 Å². The van der Waals surface area contributed by atoms with Gasteiger partial charge in [-0.05, 0) is 28.4 Å². The predicted octanol–water partition coefficient (Wildman–Crippen LogP) is 4.48. The third-order valence-electron chi connectivity index (χ3n) is 7.71. The number of nitro groups is 1. The van der Waals surface area contributed by atoms with Crippen LogP contribution in [0.5, 0.6) is 0 Å². The molecule has 7 nitrogen and oxygen atoms in total. The van der Waals surface area contributed by atoms with Gasteiger partial charge in [0.2, 0.25) is 6.04 Å². The normalized spacial score (nSPS) is 18.0. The number of esters is 2. The smallest absolute Gasteiger partial charge is 0.339 e. The first-order valence-electron chi connectivity index (χ1n) is 13.4. The highest BCUT2D eigenvalue weighted by Crippen LogP contribution is 2.52. The summed E-state index contributed by atoms with van der Waals surface area (Å²) in [6, 6.07) is 36.2. The Morgan fingerprint density at radius 1 is 0.690 bits per heavy atom. The molecule has 1 aliphatic carbocycles. The zero-order valence-electron chi connectivity index (χ0n) is 23.2. The second-order valence-electron chi connectivity index (χ2n) is 9.86. The molecule has 0 amide bonds. The van der Waals surface area contributed by atoms with Crippen LogP contribution < -0.4 is 15.9 Å². The van der Waals surface area contributed by atoms with Gasteiger partial charge in [-0.15, -0.1) is 0 Å². The van der Waals surface area contributed by atoms with Crippen molar-refractivity contribution in [3.05, 3.63) is 149 Å². The van der Waals surface area contributed by atoms with E-state index < -0.39 is 41.6 Å². The van der Waals surface area contributed by atoms with Crippen LogP contribution in [-0.2, 0) is 19.1 Å². The van der Waals surface area contributed by atoms with E-state index in [-0.39, 0.29) is 10.9 Å². The van der Waals surface area contributed by atoms with E-state index in [0.29, 0.717) is 5.56 Å². The maximum atomic E-state index is 14.2. The van der Waals surface area contributed by atoms with Gasteiger partial charge in [-0.3, -0.25) is 14.9 Å². The Bertz CT molecular complexity index is 1570. The second kappa shape index (κ2) is 12.4. The first-order valence-corrected chi connectivity index (χ1v) is 15.2. The molecule has 1 aliphatic rings. The van der Waals surface area contributed by atoms with Gasteiger partial charge >= 0.3 is 11.9 Å². The van der Waals surface area contributed by atoms with Gasteiger partial charge in [0.25, 0.3) is 0 Å². The molecule has 0 fully saturated rings. The molecule has 4 aromatic rings. The fraction of sp³-hybridized carbons (Fsp3) is 0.147. The van der Waals surface area contributed by atoms with Gasteiger partial charge in [-0.2, -0.15) is 0 Å². The number of ether oxygens (including phenoxy) is 2. The first-order chi connectivity index (χ1) is 20.4. The zero-order valence-corrected chi connectivity index (χ0v) is 24.1. The summed E-state index contributed by atoms with van der Waals surface area (Å²) in [5, 5.41) is 15.7. The molecule has 42 heavy (non-hydrogen) atoms. The molecule has 0 saturated heterocycles. The Kier molecular flexibility index (Phi) is 8.51. The molecule has 0 saturated carbocycles. The minimum Gasteiger partial charge on any atom is -0.469 e. The van der Waals surface area contributed by atoms with Gasteiger partial charge in [0.1, 0.15) is 0 Å². The molecule has 4 aromatic carbocycles. The maximum absolute atomic E-state index is 14.2. The molecule has 0 spiro atoms. The topological polar surface area (TPSA) is 95.7 Å². The molecule has 0 radical (unpaired) electrons. The van der Waals surface area contributed by atoms with E-state index in [9.17, 15) is 19.7 Å². The van der Waals surface area contributed by atoms with Crippen LogP contribution in [-0.4, -0.2) is 42.4 Å². The van der Waals surface area contributed by atoms with Crippen molar-refractivity contribution in [1.82, 2.24) is 0 Å². The van der Waals surface area contributed by atoms with Crippen molar-refractivity contribution < 1.29 is 24.0 Å². The molecule has 0 aliphatic heterocycles. The maximum Gasteiger partial charge on any atom is 0.339 e. The lowest BCUT2D eigenvalue weighted by Gasteiger charge is -2.33. The lowest BCUT2D eigenvalue weighted by molar-refractivity contribution is -0.514. The highest BCUT2D eigenvalue weighted by Gasteiger charge is 2.53. The summed E-state index contributed by atoms with van der Waals surface area (Å²) in [6.07, 6.45) is 1.56. The molecule has 3 atom stereocenters. The van der Waals surface area contributed by atoms with Crippen LogP contribution >= 0.6 is 6.89 Å². The van der Waals surface area contributed by atoms with Crippen molar-refractivity contribution in [2.75, 3.05) is 14.2 Å². The van der Waals surface area contributed by atoms with Crippen molar-refractivity contribution in [1.29, 1.82) is 0 Å². The summed E-state index contributed by atoms with van der Waals surface area (Å²) in [4.78, 5) is 40.1. The van der Waals surface area contributed by atoms with E-state index in [1.165, 1.54) is 14.2 Å². The quantitative estimate of drug-likeness (QED) is 0.132.